The molecule has 0 bridgehead atoms. The summed E-state index contributed by atoms with van der Waals surface area (Å²) < 4.78 is 1.90. The molecule has 27 heavy (non-hydrogen) atoms. The first-order chi connectivity index (χ1) is 13.0. The van der Waals surface area contributed by atoms with Crippen LogP contribution in [0, 0.1) is 12.8 Å². The predicted octanol–water partition coefficient (Wildman–Crippen LogP) is 1.13. The van der Waals surface area contributed by atoms with E-state index in [-0.39, 0.29) is 11.4 Å². The lowest BCUT2D eigenvalue weighted by Crippen LogP contribution is -2.62. The van der Waals surface area contributed by atoms with Crippen LogP contribution >= 0.6 is 0 Å². The first kappa shape index (κ1) is 18.5. The van der Waals surface area contributed by atoms with Crippen LogP contribution in [0.5, 0.6) is 0 Å². The molecule has 2 aliphatic heterocycles. The maximum absolute atomic E-state index is 12.9. The van der Waals surface area contributed by atoms with Crippen molar-refractivity contribution in [3.8, 4) is 0 Å². The summed E-state index contributed by atoms with van der Waals surface area (Å²) in [6, 6.07) is 0. The van der Waals surface area contributed by atoms with Crippen LogP contribution < -0.4 is 0 Å². The number of likely N-dealkylation sites (N-methyl/N-ethyl adjacent to an activating group) is 1. The van der Waals surface area contributed by atoms with Gasteiger partial charge in [-0.1, -0.05) is 0 Å². The number of amides is 2. The molecule has 7 heteroatoms. The Labute approximate surface area is 161 Å². The zero-order chi connectivity index (χ0) is 19.0. The van der Waals surface area contributed by atoms with Crippen molar-refractivity contribution < 1.29 is 9.59 Å². The number of aromatic nitrogens is 2. The number of likely N-dealkylation sites (tertiary alicyclic amines) is 1. The van der Waals surface area contributed by atoms with Crippen molar-refractivity contribution in [1.29, 1.82) is 0 Å². The first-order valence-electron chi connectivity index (χ1n) is 10.2. The lowest BCUT2D eigenvalue weighted by molar-refractivity contribution is -0.137. The molecule has 1 aromatic rings. The van der Waals surface area contributed by atoms with Gasteiger partial charge in [0.25, 0.3) is 0 Å². The van der Waals surface area contributed by atoms with Gasteiger partial charge in [0.1, 0.15) is 12.4 Å². The number of carbonyl (C=O) groups excluding carboxylic acids is 2. The largest absolute Gasteiger partial charge is 0.342 e. The minimum absolute atomic E-state index is 0.0775. The molecule has 3 fully saturated rings. The highest BCUT2D eigenvalue weighted by Crippen LogP contribution is 2.35. The average molecular weight is 374 g/mol. The van der Waals surface area contributed by atoms with E-state index in [1.807, 2.05) is 22.6 Å². The van der Waals surface area contributed by atoms with Gasteiger partial charge in [-0.2, -0.15) is 0 Å². The molecule has 0 aromatic carbocycles. The Morgan fingerprint density at radius 2 is 2.07 bits per heavy atom. The molecule has 3 aliphatic rings. The fourth-order valence-corrected chi connectivity index (χ4v) is 4.53. The summed E-state index contributed by atoms with van der Waals surface area (Å²) in [5.74, 6) is 2.03. The normalized spacial score (nSPS) is 27.3. The standard InChI is InChI=1S/C20H31N5O2/c1-16-21-8-10-23(16)14-19(27)25-12-11-22(2)20(15-25)6-5-18(26)24(9-7-20)13-17-3-4-17/h8,10,17H,3-7,9,11-15H2,1-2H3/t20-/m0/s1. The molecular weight excluding hydrogens is 342 g/mol. The maximum Gasteiger partial charge on any atom is 0.242 e. The molecule has 1 atom stereocenters. The van der Waals surface area contributed by atoms with E-state index in [9.17, 15) is 9.59 Å². The Hall–Kier alpha value is -1.89. The van der Waals surface area contributed by atoms with Crippen molar-refractivity contribution in [2.24, 2.45) is 5.92 Å². The highest BCUT2D eigenvalue weighted by molar-refractivity contribution is 5.77. The molecule has 148 valence electrons. The van der Waals surface area contributed by atoms with Crippen LogP contribution in [0.1, 0.15) is 37.9 Å². The number of aryl methyl sites for hydroxylation is 1. The van der Waals surface area contributed by atoms with Gasteiger partial charge in [0, 0.05) is 57.1 Å². The van der Waals surface area contributed by atoms with E-state index in [0.717, 1.165) is 57.3 Å². The van der Waals surface area contributed by atoms with Crippen LogP contribution in [-0.2, 0) is 16.1 Å². The quantitative estimate of drug-likeness (QED) is 0.794. The molecule has 0 N–H and O–H groups in total. The molecule has 2 saturated heterocycles. The van der Waals surface area contributed by atoms with Crippen LogP contribution in [-0.4, -0.2) is 81.4 Å². The Kier molecular flexibility index (Phi) is 4.97. The zero-order valence-corrected chi connectivity index (χ0v) is 16.6. The van der Waals surface area contributed by atoms with Crippen LogP contribution in [0.25, 0.3) is 0 Å². The van der Waals surface area contributed by atoms with Gasteiger partial charge in [-0.25, -0.2) is 4.98 Å². The SMILES string of the molecule is Cc1nccn1CC(=O)N1CCN(C)[C@]2(CCC(=O)N(CC3CC3)CC2)C1. The Morgan fingerprint density at radius 3 is 2.78 bits per heavy atom. The van der Waals surface area contributed by atoms with Gasteiger partial charge in [0.15, 0.2) is 0 Å². The van der Waals surface area contributed by atoms with E-state index in [0.29, 0.717) is 18.9 Å². The smallest absolute Gasteiger partial charge is 0.242 e. The van der Waals surface area contributed by atoms with Crippen LogP contribution in [0.4, 0.5) is 0 Å². The summed E-state index contributed by atoms with van der Waals surface area (Å²) in [6.07, 6.45) is 8.53. The van der Waals surface area contributed by atoms with Gasteiger partial charge in [0.05, 0.1) is 0 Å². The number of hydrogen-bond donors (Lipinski definition) is 0. The van der Waals surface area contributed by atoms with Crippen molar-refractivity contribution in [2.45, 2.75) is 51.1 Å². The summed E-state index contributed by atoms with van der Waals surface area (Å²) in [7, 11) is 2.16. The van der Waals surface area contributed by atoms with E-state index >= 15 is 0 Å². The maximum atomic E-state index is 12.9. The van der Waals surface area contributed by atoms with Gasteiger partial charge in [0.2, 0.25) is 11.8 Å². The highest BCUT2D eigenvalue weighted by atomic mass is 16.2. The molecule has 2 amide bonds. The Morgan fingerprint density at radius 1 is 1.26 bits per heavy atom. The number of carbonyl (C=O) groups is 2. The third-order valence-corrected chi connectivity index (χ3v) is 6.76. The van der Waals surface area contributed by atoms with Crippen molar-refractivity contribution in [3.63, 3.8) is 0 Å². The van der Waals surface area contributed by atoms with Crippen LogP contribution in [0.2, 0.25) is 0 Å². The van der Waals surface area contributed by atoms with Crippen molar-refractivity contribution >= 4 is 11.8 Å². The number of nitrogens with zero attached hydrogens (tertiary/aromatic N) is 5. The van der Waals surface area contributed by atoms with Gasteiger partial charge in [-0.05, 0) is 45.6 Å². The third kappa shape index (κ3) is 3.88. The number of imidazole rings is 1. The van der Waals surface area contributed by atoms with Crippen molar-refractivity contribution in [2.75, 3.05) is 39.8 Å². The summed E-state index contributed by atoms with van der Waals surface area (Å²) in [5.41, 5.74) is -0.0775. The second-order valence-corrected chi connectivity index (χ2v) is 8.60. The summed E-state index contributed by atoms with van der Waals surface area (Å²) >= 11 is 0. The molecule has 4 rings (SSSR count). The molecule has 7 nitrogen and oxygen atoms in total. The lowest BCUT2D eigenvalue weighted by atomic mass is 9.86. The van der Waals surface area contributed by atoms with Gasteiger partial charge in [-0.3, -0.25) is 14.5 Å². The van der Waals surface area contributed by atoms with Gasteiger partial charge in [-0.15, -0.1) is 0 Å². The lowest BCUT2D eigenvalue weighted by Gasteiger charge is -2.49. The number of piperazine rings is 1. The minimum Gasteiger partial charge on any atom is -0.342 e. The summed E-state index contributed by atoms with van der Waals surface area (Å²) in [6.45, 7) is 6.36. The van der Waals surface area contributed by atoms with Crippen molar-refractivity contribution in [3.05, 3.63) is 18.2 Å². The van der Waals surface area contributed by atoms with E-state index in [1.165, 1.54) is 12.8 Å². The molecule has 3 heterocycles. The summed E-state index contributed by atoms with van der Waals surface area (Å²) in [5, 5.41) is 0. The number of hydrogen-bond acceptors (Lipinski definition) is 4. The molecule has 1 aromatic heterocycles. The molecule has 1 saturated carbocycles. The van der Waals surface area contributed by atoms with Crippen molar-refractivity contribution in [1.82, 2.24) is 24.3 Å². The Balaban J connectivity index is 1.44. The second-order valence-electron chi connectivity index (χ2n) is 8.60. The molecule has 0 unspecified atom stereocenters. The Bertz CT molecular complexity index is 713. The number of rotatable bonds is 4. The third-order valence-electron chi connectivity index (χ3n) is 6.76. The monoisotopic (exact) mass is 373 g/mol. The minimum atomic E-state index is -0.0775. The topological polar surface area (TPSA) is 61.7 Å². The molecule has 1 aliphatic carbocycles. The van der Waals surface area contributed by atoms with E-state index in [2.05, 4.69) is 21.8 Å². The van der Waals surface area contributed by atoms with E-state index in [1.54, 1.807) is 6.20 Å². The highest BCUT2D eigenvalue weighted by Gasteiger charge is 2.43. The predicted molar refractivity (Wildman–Crippen MR) is 102 cm³/mol. The zero-order valence-electron chi connectivity index (χ0n) is 16.6. The van der Waals surface area contributed by atoms with Crippen LogP contribution in [0.15, 0.2) is 12.4 Å². The van der Waals surface area contributed by atoms with Gasteiger partial charge < -0.3 is 14.4 Å². The van der Waals surface area contributed by atoms with E-state index in [4.69, 9.17) is 0 Å². The fraction of sp³-hybridized carbons (Fsp3) is 0.750. The molecule has 1 spiro atoms. The van der Waals surface area contributed by atoms with Crippen LogP contribution in [0.3, 0.4) is 0 Å². The van der Waals surface area contributed by atoms with Gasteiger partial charge >= 0.3 is 0 Å². The summed E-state index contributed by atoms with van der Waals surface area (Å²) in [4.78, 5) is 36.2. The first-order valence-corrected chi connectivity index (χ1v) is 10.2. The fourth-order valence-electron chi connectivity index (χ4n) is 4.53. The average Bonchev–Trinajstić information content (AvgIpc) is 3.41. The van der Waals surface area contributed by atoms with E-state index < -0.39 is 0 Å². The second kappa shape index (κ2) is 7.26. The molecule has 0 radical (unpaired) electrons. The molecular formula is C20H31N5O2.